The highest BCUT2D eigenvalue weighted by molar-refractivity contribution is 5.99. The second kappa shape index (κ2) is 17.5. The number of aliphatic imine (C=N–C) groups is 1. The lowest BCUT2D eigenvalue weighted by Crippen LogP contribution is -2.52. The van der Waals surface area contributed by atoms with Gasteiger partial charge in [0.2, 0.25) is 17.5 Å². The summed E-state index contributed by atoms with van der Waals surface area (Å²) in [5, 5.41) is 9.69. The Morgan fingerprint density at radius 2 is 1.72 bits per heavy atom. The smallest absolute Gasteiger partial charge is 0.331 e. The third-order valence-electron chi connectivity index (χ3n) is 8.65. The second-order valence-corrected chi connectivity index (χ2v) is 13.0. The Kier molecular flexibility index (Phi) is 12.7. The molecule has 1 aliphatic rings. The Labute approximate surface area is 312 Å². The van der Waals surface area contributed by atoms with Crippen molar-refractivity contribution in [1.29, 1.82) is 5.26 Å². The first-order valence-corrected chi connectivity index (χ1v) is 17.5. The summed E-state index contributed by atoms with van der Waals surface area (Å²) in [5.41, 5.74) is 4.73. The van der Waals surface area contributed by atoms with Crippen molar-refractivity contribution in [2.75, 3.05) is 38.2 Å². The van der Waals surface area contributed by atoms with Gasteiger partial charge in [-0.15, -0.1) is 0 Å². The number of nitriles is 1. The number of pyridine rings is 1. The van der Waals surface area contributed by atoms with E-state index >= 15 is 8.78 Å². The molecule has 54 heavy (non-hydrogen) atoms. The minimum atomic E-state index is -1.64. The average Bonchev–Trinajstić information content (AvgIpc) is 3.60. The number of anilines is 1. The third kappa shape index (κ3) is 9.22. The van der Waals surface area contributed by atoms with Gasteiger partial charge in [-0.2, -0.15) is 19.0 Å². The molecule has 0 unspecified atom stereocenters. The second-order valence-electron chi connectivity index (χ2n) is 13.0. The molecular formula is C40H42F2N6O6. The fraction of sp³-hybridized carbons (Fsp3) is 0.325. The molecule has 0 spiro atoms. The van der Waals surface area contributed by atoms with Gasteiger partial charge < -0.3 is 34.5 Å². The largest absolute Gasteiger partial charge is 0.485 e. The molecule has 0 saturated heterocycles. The van der Waals surface area contributed by atoms with Gasteiger partial charge >= 0.3 is 5.97 Å². The quantitative estimate of drug-likeness (QED) is 0.0895. The highest BCUT2D eigenvalue weighted by atomic mass is 19.1. The Morgan fingerprint density at radius 3 is 2.39 bits per heavy atom. The van der Waals surface area contributed by atoms with Crippen LogP contribution in [0.25, 0.3) is 0 Å². The predicted molar refractivity (Wildman–Crippen MR) is 198 cm³/mol. The molecule has 12 nitrogen and oxygen atoms in total. The molecule has 3 aromatic carbocycles. The van der Waals surface area contributed by atoms with Crippen LogP contribution in [0.5, 0.6) is 29.0 Å². The molecule has 4 aromatic rings. The Balaban J connectivity index is 1.64. The van der Waals surface area contributed by atoms with Crippen LogP contribution in [-0.4, -0.2) is 66.4 Å². The number of carbonyl (C=O) groups is 2. The number of amidine groups is 1. The van der Waals surface area contributed by atoms with Gasteiger partial charge in [-0.1, -0.05) is 42.5 Å². The molecule has 0 bridgehead atoms. The third-order valence-corrected chi connectivity index (χ3v) is 8.65. The topological polar surface area (TPSA) is 153 Å². The predicted octanol–water partition coefficient (Wildman–Crippen LogP) is 6.89. The molecule has 0 radical (unpaired) electrons. The minimum Gasteiger partial charge on any atom is -0.485 e. The Bertz CT molecular complexity index is 2050. The number of carbonyl (C=O) groups excluding carboxylic acids is 2. The van der Waals surface area contributed by atoms with Crippen LogP contribution < -0.4 is 24.8 Å². The van der Waals surface area contributed by atoms with E-state index in [1.165, 1.54) is 36.9 Å². The zero-order valence-corrected chi connectivity index (χ0v) is 30.6. The van der Waals surface area contributed by atoms with Gasteiger partial charge in [0.15, 0.2) is 11.5 Å². The molecule has 5 rings (SSSR count). The number of nitrogens with two attached hydrogens (primary N) is 1. The lowest BCUT2D eigenvalue weighted by atomic mass is 10.0. The molecule has 1 aliphatic heterocycles. The molecule has 0 atom stereocenters. The maximum absolute atomic E-state index is 17.0. The number of rotatable bonds is 17. The summed E-state index contributed by atoms with van der Waals surface area (Å²) in [6.45, 7) is 5.92. The van der Waals surface area contributed by atoms with Crippen LogP contribution >= 0.6 is 0 Å². The van der Waals surface area contributed by atoms with Crippen LogP contribution in [0.2, 0.25) is 0 Å². The van der Waals surface area contributed by atoms with E-state index < -0.39 is 46.5 Å². The van der Waals surface area contributed by atoms with Crippen molar-refractivity contribution in [2.45, 2.75) is 52.2 Å². The van der Waals surface area contributed by atoms with Crippen LogP contribution in [0.4, 0.5) is 14.5 Å². The van der Waals surface area contributed by atoms with E-state index in [1.54, 1.807) is 25.1 Å². The molecule has 14 heteroatoms. The monoisotopic (exact) mass is 740 g/mol. The standard InChI is InChI=1S/C40H42F2N6O6/c1-5-51-39(50)40(2,3)48(20-10-9-16-32(44)49)35-33(41)37(53-29-15-11-14-28(23-29)36-45-19-21-47(36)4)46-38(34(35)42)54-31-22-27(24-43)17-18-30(31)52-25-26-12-7-6-8-13-26/h6-8,11-15,17-18,22-23H,5,9-10,16,19-21,25H2,1-4H3,(H2,44,49). The van der Waals surface area contributed by atoms with Gasteiger partial charge in [-0.3, -0.25) is 9.79 Å². The fourth-order valence-electron chi connectivity index (χ4n) is 5.79. The average molecular weight is 741 g/mol. The summed E-state index contributed by atoms with van der Waals surface area (Å²) >= 11 is 0. The first-order valence-electron chi connectivity index (χ1n) is 17.5. The van der Waals surface area contributed by atoms with Gasteiger partial charge in [0.25, 0.3) is 11.8 Å². The highest BCUT2D eigenvalue weighted by Crippen LogP contribution is 2.42. The van der Waals surface area contributed by atoms with E-state index in [1.807, 2.05) is 54.4 Å². The summed E-state index contributed by atoms with van der Waals surface area (Å²) in [6.07, 6.45) is 0.522. The number of unbranched alkanes of at least 4 members (excludes halogenated alkanes) is 1. The minimum absolute atomic E-state index is 0.0135. The summed E-state index contributed by atoms with van der Waals surface area (Å²) in [7, 11) is 1.90. The molecular weight excluding hydrogens is 698 g/mol. The van der Waals surface area contributed by atoms with Crippen LogP contribution in [0.15, 0.2) is 77.8 Å². The number of esters is 1. The maximum atomic E-state index is 17.0. The van der Waals surface area contributed by atoms with Crippen molar-refractivity contribution in [3.63, 3.8) is 0 Å². The number of benzene rings is 3. The number of amides is 1. The molecule has 0 fully saturated rings. The van der Waals surface area contributed by atoms with Crippen LogP contribution in [0.3, 0.4) is 0 Å². The molecule has 1 amide bonds. The van der Waals surface area contributed by atoms with Gasteiger partial charge in [-0.25, -0.2) is 4.79 Å². The van der Waals surface area contributed by atoms with Gasteiger partial charge in [0.1, 0.15) is 29.4 Å². The highest BCUT2D eigenvalue weighted by Gasteiger charge is 2.41. The lowest BCUT2D eigenvalue weighted by Gasteiger charge is -2.38. The molecule has 2 heterocycles. The number of hydrogen-bond donors (Lipinski definition) is 1. The Morgan fingerprint density at radius 1 is 0.981 bits per heavy atom. The Hall–Kier alpha value is -6.23. The van der Waals surface area contributed by atoms with Crippen LogP contribution in [-0.2, 0) is 20.9 Å². The zero-order chi connectivity index (χ0) is 38.8. The SMILES string of the molecule is CCOC(=O)C(C)(C)N(CCCCC(N)=O)c1c(F)c(Oc2cccc(C3=NCCN3C)c2)nc(Oc2cc(C#N)ccc2OCc2ccccc2)c1F. The first-order chi connectivity index (χ1) is 25.9. The molecule has 0 aliphatic carbocycles. The van der Waals surface area contributed by atoms with Crippen molar-refractivity contribution in [1.82, 2.24) is 9.88 Å². The number of nitrogens with zero attached hydrogens (tertiary/aromatic N) is 5. The van der Waals surface area contributed by atoms with E-state index in [2.05, 4.69) is 9.98 Å². The molecule has 282 valence electrons. The lowest BCUT2D eigenvalue weighted by molar-refractivity contribution is -0.148. The summed E-state index contributed by atoms with van der Waals surface area (Å²) in [4.78, 5) is 36.8. The number of ether oxygens (including phenoxy) is 4. The normalized spacial score (nSPS) is 12.5. The molecule has 2 N–H and O–H groups in total. The summed E-state index contributed by atoms with van der Waals surface area (Å²) in [6, 6.07) is 22.4. The van der Waals surface area contributed by atoms with Gasteiger partial charge in [0, 0.05) is 38.2 Å². The van der Waals surface area contributed by atoms with E-state index in [4.69, 9.17) is 24.7 Å². The number of likely N-dealkylation sites (N-methyl/N-ethyl adjacent to an activating group) is 1. The fourth-order valence-corrected chi connectivity index (χ4v) is 5.79. The van der Waals surface area contributed by atoms with Crippen LogP contribution in [0, 0.1) is 23.0 Å². The zero-order valence-electron chi connectivity index (χ0n) is 30.6. The number of hydrogen-bond acceptors (Lipinski definition) is 11. The number of primary amides is 1. The summed E-state index contributed by atoms with van der Waals surface area (Å²) in [5.74, 6) is -4.22. The van der Waals surface area contributed by atoms with Crippen molar-refractivity contribution in [3.8, 4) is 35.1 Å². The van der Waals surface area contributed by atoms with Crippen molar-refractivity contribution in [2.24, 2.45) is 10.7 Å². The van der Waals surface area contributed by atoms with Gasteiger partial charge in [0.05, 0.1) is 24.8 Å². The van der Waals surface area contributed by atoms with E-state index in [0.717, 1.165) is 17.9 Å². The van der Waals surface area contributed by atoms with E-state index in [9.17, 15) is 14.9 Å². The van der Waals surface area contributed by atoms with E-state index in [0.29, 0.717) is 12.1 Å². The first kappa shape index (κ1) is 39.0. The number of halogens is 2. The van der Waals surface area contributed by atoms with Crippen molar-refractivity contribution >= 4 is 23.4 Å². The summed E-state index contributed by atoms with van der Waals surface area (Å²) < 4.78 is 57.4. The molecule has 1 aromatic heterocycles. The molecule has 0 saturated carbocycles. The van der Waals surface area contributed by atoms with Gasteiger partial charge in [-0.05, 0) is 63.4 Å². The number of aromatic nitrogens is 1. The van der Waals surface area contributed by atoms with E-state index in [-0.39, 0.29) is 61.8 Å². The van der Waals surface area contributed by atoms with Crippen LogP contribution in [0.1, 0.15) is 56.7 Å². The maximum Gasteiger partial charge on any atom is 0.331 e. The van der Waals surface area contributed by atoms with Crippen molar-refractivity contribution < 1.29 is 37.3 Å². The van der Waals surface area contributed by atoms with Crippen molar-refractivity contribution in [3.05, 3.63) is 101 Å².